The summed E-state index contributed by atoms with van der Waals surface area (Å²) in [4.78, 5) is 29.1. The van der Waals surface area contributed by atoms with Crippen molar-refractivity contribution in [1.82, 2.24) is 15.1 Å². The Morgan fingerprint density at radius 2 is 1.71 bits per heavy atom. The quantitative estimate of drug-likeness (QED) is 0.671. The van der Waals surface area contributed by atoms with Crippen molar-refractivity contribution in [2.24, 2.45) is 0 Å². The number of carbonyl (C=O) groups excluding carboxylic acids is 2. The number of Topliss-reactive ketones (excluding diaryl/α,β-unsaturated/α-hetero) is 1. The minimum atomic E-state index is -0.482. The zero-order valence-electron chi connectivity index (χ0n) is 18.8. The first-order chi connectivity index (χ1) is 14.9. The van der Waals surface area contributed by atoms with Crippen LogP contribution in [-0.2, 0) is 22.6 Å². The van der Waals surface area contributed by atoms with E-state index in [0.29, 0.717) is 13.0 Å². The highest BCUT2D eigenvalue weighted by Crippen LogP contribution is 2.22. The summed E-state index contributed by atoms with van der Waals surface area (Å²) < 4.78 is 5.50. The fourth-order valence-corrected chi connectivity index (χ4v) is 3.97. The van der Waals surface area contributed by atoms with E-state index >= 15 is 0 Å². The molecule has 6 nitrogen and oxygen atoms in total. The zero-order chi connectivity index (χ0) is 22.2. The summed E-state index contributed by atoms with van der Waals surface area (Å²) in [5.41, 5.74) is 3.46. The zero-order valence-corrected chi connectivity index (χ0v) is 18.8. The number of aryl methyl sites for hydroxylation is 1. The average molecular weight is 424 g/mol. The smallest absolute Gasteiger partial charge is 0.234 e. The van der Waals surface area contributed by atoms with E-state index in [9.17, 15) is 9.59 Å². The molecular weight excluding hydrogens is 390 g/mol. The molecule has 0 radical (unpaired) electrons. The van der Waals surface area contributed by atoms with Crippen molar-refractivity contribution in [1.29, 1.82) is 0 Å². The Hall–Kier alpha value is -2.70. The van der Waals surface area contributed by atoms with Crippen LogP contribution < -0.4 is 10.1 Å². The van der Waals surface area contributed by atoms with Crippen LogP contribution >= 0.6 is 0 Å². The molecule has 1 N–H and O–H groups in total. The van der Waals surface area contributed by atoms with E-state index in [1.165, 1.54) is 18.1 Å². The Labute approximate surface area is 185 Å². The van der Waals surface area contributed by atoms with Gasteiger partial charge in [-0.25, -0.2) is 0 Å². The van der Waals surface area contributed by atoms with Gasteiger partial charge in [-0.3, -0.25) is 19.4 Å². The van der Waals surface area contributed by atoms with Crippen LogP contribution in [0.1, 0.15) is 23.6 Å². The molecule has 1 aliphatic heterocycles. The molecule has 31 heavy (non-hydrogen) atoms. The average Bonchev–Trinajstić information content (AvgIpc) is 2.75. The number of carbonyl (C=O) groups is 2. The maximum atomic E-state index is 12.6. The molecule has 1 atom stereocenters. The third-order valence-electron chi connectivity index (χ3n) is 5.77. The van der Waals surface area contributed by atoms with Gasteiger partial charge in [0.25, 0.3) is 0 Å². The molecule has 0 aromatic heterocycles. The molecular formula is C25H33N3O3. The van der Waals surface area contributed by atoms with E-state index in [4.69, 9.17) is 4.74 Å². The number of amides is 1. The number of ether oxygens (including phenoxy) is 1. The summed E-state index contributed by atoms with van der Waals surface area (Å²) in [6.45, 7) is 8.22. The lowest BCUT2D eigenvalue weighted by Gasteiger charge is -2.34. The van der Waals surface area contributed by atoms with Gasteiger partial charge in [-0.1, -0.05) is 48.0 Å². The Kier molecular flexibility index (Phi) is 8.20. The first kappa shape index (κ1) is 23.0. The lowest BCUT2D eigenvalue weighted by molar-refractivity contribution is -0.127. The van der Waals surface area contributed by atoms with Gasteiger partial charge in [0.1, 0.15) is 5.75 Å². The second-order valence-corrected chi connectivity index (χ2v) is 8.29. The molecule has 0 unspecified atom stereocenters. The van der Waals surface area contributed by atoms with Crippen molar-refractivity contribution < 1.29 is 14.3 Å². The molecule has 1 saturated heterocycles. The predicted molar refractivity (Wildman–Crippen MR) is 122 cm³/mol. The van der Waals surface area contributed by atoms with Crippen molar-refractivity contribution in [3.8, 4) is 5.75 Å². The number of piperazine rings is 1. The number of ketones is 1. The fourth-order valence-electron chi connectivity index (χ4n) is 3.97. The van der Waals surface area contributed by atoms with Crippen LogP contribution in [-0.4, -0.2) is 67.4 Å². The first-order valence-corrected chi connectivity index (χ1v) is 10.9. The highest BCUT2D eigenvalue weighted by Gasteiger charge is 2.22. The summed E-state index contributed by atoms with van der Waals surface area (Å²) in [5, 5.41) is 2.92. The van der Waals surface area contributed by atoms with Gasteiger partial charge in [0.05, 0.1) is 19.7 Å². The molecule has 0 spiro atoms. The second-order valence-electron chi connectivity index (χ2n) is 8.29. The van der Waals surface area contributed by atoms with Crippen molar-refractivity contribution in [2.45, 2.75) is 32.9 Å². The Morgan fingerprint density at radius 3 is 2.35 bits per heavy atom. The van der Waals surface area contributed by atoms with Crippen LogP contribution in [0.4, 0.5) is 0 Å². The number of nitrogens with one attached hydrogen (secondary N) is 1. The largest absolute Gasteiger partial charge is 0.496 e. The summed E-state index contributed by atoms with van der Waals surface area (Å²) >= 11 is 0. The monoisotopic (exact) mass is 423 g/mol. The van der Waals surface area contributed by atoms with Gasteiger partial charge in [0, 0.05) is 38.3 Å². The molecule has 0 aliphatic carbocycles. The highest BCUT2D eigenvalue weighted by molar-refractivity contribution is 5.88. The normalized spacial score (nSPS) is 16.0. The first-order valence-electron chi connectivity index (χ1n) is 10.9. The molecule has 166 valence electrons. The number of hydrogen-bond acceptors (Lipinski definition) is 5. The number of nitrogens with zero attached hydrogens (tertiary/aromatic N) is 2. The van der Waals surface area contributed by atoms with E-state index in [0.717, 1.165) is 44.0 Å². The minimum absolute atomic E-state index is 0.0193. The number of hydrogen-bond donors (Lipinski definition) is 1. The molecule has 2 aromatic rings. The van der Waals surface area contributed by atoms with Crippen molar-refractivity contribution in [3.63, 3.8) is 0 Å². The van der Waals surface area contributed by atoms with Crippen molar-refractivity contribution >= 4 is 11.7 Å². The van der Waals surface area contributed by atoms with Gasteiger partial charge in [0.2, 0.25) is 5.91 Å². The molecule has 1 heterocycles. The topological polar surface area (TPSA) is 61.9 Å². The molecule has 1 fully saturated rings. The maximum absolute atomic E-state index is 12.6. The van der Waals surface area contributed by atoms with Crippen LogP contribution in [0.15, 0.2) is 48.5 Å². The molecule has 3 rings (SSSR count). The van der Waals surface area contributed by atoms with E-state index in [-0.39, 0.29) is 11.7 Å². The molecule has 6 heteroatoms. The molecule has 1 amide bonds. The predicted octanol–water partition coefficient (Wildman–Crippen LogP) is 2.44. The Morgan fingerprint density at radius 1 is 1.03 bits per heavy atom. The third kappa shape index (κ3) is 6.91. The Balaban J connectivity index is 1.47. The van der Waals surface area contributed by atoms with E-state index in [1.807, 2.05) is 36.4 Å². The number of rotatable bonds is 9. The van der Waals surface area contributed by atoms with E-state index in [2.05, 4.69) is 34.2 Å². The molecule has 0 saturated carbocycles. The fraction of sp³-hybridized carbons (Fsp3) is 0.440. The van der Waals surface area contributed by atoms with E-state index < -0.39 is 6.04 Å². The highest BCUT2D eigenvalue weighted by atomic mass is 16.5. The van der Waals surface area contributed by atoms with Gasteiger partial charge in [-0.05, 0) is 31.9 Å². The van der Waals surface area contributed by atoms with Crippen LogP contribution in [0.25, 0.3) is 0 Å². The molecule has 1 aliphatic rings. The van der Waals surface area contributed by atoms with Crippen LogP contribution in [0.5, 0.6) is 5.75 Å². The van der Waals surface area contributed by atoms with Crippen LogP contribution in [0.3, 0.4) is 0 Å². The second kappa shape index (κ2) is 11.1. The Bertz CT molecular complexity index is 877. The van der Waals surface area contributed by atoms with Gasteiger partial charge in [-0.15, -0.1) is 0 Å². The van der Waals surface area contributed by atoms with Gasteiger partial charge in [0.15, 0.2) is 5.78 Å². The summed E-state index contributed by atoms with van der Waals surface area (Å²) in [7, 11) is 1.71. The van der Waals surface area contributed by atoms with Gasteiger partial charge in [-0.2, -0.15) is 0 Å². The van der Waals surface area contributed by atoms with Crippen LogP contribution in [0.2, 0.25) is 0 Å². The minimum Gasteiger partial charge on any atom is -0.496 e. The maximum Gasteiger partial charge on any atom is 0.234 e. The third-order valence-corrected chi connectivity index (χ3v) is 5.77. The molecule has 2 aromatic carbocycles. The van der Waals surface area contributed by atoms with Crippen molar-refractivity contribution in [3.05, 3.63) is 65.2 Å². The van der Waals surface area contributed by atoms with Crippen molar-refractivity contribution in [2.75, 3.05) is 39.8 Å². The number of methoxy groups -OCH3 is 1. The SMILES string of the molecule is COc1ccc(C)cc1CN1CCN(CC(=O)N[C@@H](Cc2ccccc2)C(C)=O)CC1. The lowest BCUT2D eigenvalue weighted by atomic mass is 10.0. The van der Waals surface area contributed by atoms with E-state index in [1.54, 1.807) is 7.11 Å². The van der Waals surface area contributed by atoms with Gasteiger partial charge >= 0.3 is 0 Å². The summed E-state index contributed by atoms with van der Waals surface area (Å²) in [5.74, 6) is 0.806. The number of benzene rings is 2. The van der Waals surface area contributed by atoms with Crippen LogP contribution in [0, 0.1) is 6.92 Å². The lowest BCUT2D eigenvalue weighted by Crippen LogP contribution is -2.51. The van der Waals surface area contributed by atoms with Gasteiger partial charge < -0.3 is 10.1 Å². The standard InChI is InChI=1S/C25H33N3O3/c1-19-9-10-24(31-3)22(15-19)17-27-11-13-28(14-12-27)18-25(30)26-23(20(2)29)16-21-7-5-4-6-8-21/h4-10,15,23H,11-14,16-18H2,1-3H3,(H,26,30)/t23-/m0/s1. The summed E-state index contributed by atoms with van der Waals surface area (Å²) in [6.07, 6.45) is 0.522. The summed E-state index contributed by atoms with van der Waals surface area (Å²) in [6, 6.07) is 15.6. The molecule has 0 bridgehead atoms.